The first-order valence-corrected chi connectivity index (χ1v) is 11.8. The van der Waals surface area contributed by atoms with Crippen molar-refractivity contribution in [3.63, 3.8) is 0 Å². The van der Waals surface area contributed by atoms with Gasteiger partial charge in [0.05, 0.1) is 0 Å². The van der Waals surface area contributed by atoms with Gasteiger partial charge in [0.15, 0.2) is 0 Å². The van der Waals surface area contributed by atoms with Crippen LogP contribution in [0.5, 0.6) is 17.2 Å². The van der Waals surface area contributed by atoms with Crippen molar-refractivity contribution in [3.8, 4) is 17.2 Å². The molecule has 3 unspecified atom stereocenters. The van der Waals surface area contributed by atoms with Crippen LogP contribution < -0.4 is 9.47 Å². The lowest BCUT2D eigenvalue weighted by atomic mass is 9.86. The summed E-state index contributed by atoms with van der Waals surface area (Å²) >= 11 is 0. The molecule has 2 aliphatic carbocycles. The fourth-order valence-electron chi connectivity index (χ4n) is 6.15. The zero-order valence-corrected chi connectivity index (χ0v) is 18.8. The fourth-order valence-corrected chi connectivity index (χ4v) is 6.15. The van der Waals surface area contributed by atoms with Gasteiger partial charge in [0, 0.05) is 21.9 Å². The number of hydrogen-bond acceptors (Lipinski definition) is 4. The van der Waals surface area contributed by atoms with Crippen molar-refractivity contribution in [1.82, 2.24) is 0 Å². The molecule has 1 N–H and O–H groups in total. The second-order valence-electron chi connectivity index (χ2n) is 9.31. The summed E-state index contributed by atoms with van der Waals surface area (Å²) in [6.45, 7) is 4.31. The molecule has 0 spiro atoms. The largest absolute Gasteiger partial charge is 0.519 e. The lowest BCUT2D eigenvalue weighted by molar-refractivity contribution is 0.152. The van der Waals surface area contributed by atoms with Gasteiger partial charge in [-0.15, -0.1) is 0 Å². The molecular weight excluding hydrogens is 412 g/mol. The number of fused-ring (bicyclic) bond motifs is 7. The van der Waals surface area contributed by atoms with Crippen molar-refractivity contribution >= 4 is 27.7 Å². The van der Waals surface area contributed by atoms with Crippen LogP contribution in [0.4, 0.5) is 4.79 Å². The minimum atomic E-state index is -0.749. The van der Waals surface area contributed by atoms with Gasteiger partial charge in [0.2, 0.25) is 0 Å². The van der Waals surface area contributed by atoms with Crippen molar-refractivity contribution in [2.45, 2.75) is 44.9 Å². The van der Waals surface area contributed by atoms with Crippen molar-refractivity contribution in [2.75, 3.05) is 0 Å². The van der Waals surface area contributed by atoms with Crippen molar-refractivity contribution in [3.05, 3.63) is 77.4 Å². The third-order valence-electron chi connectivity index (χ3n) is 7.71. The van der Waals surface area contributed by atoms with E-state index >= 15 is 0 Å². The van der Waals surface area contributed by atoms with Gasteiger partial charge in [-0.1, -0.05) is 62.4 Å². The molecule has 4 aromatic rings. The second kappa shape index (κ2) is 7.51. The summed E-state index contributed by atoms with van der Waals surface area (Å²) in [6, 6.07) is 19.4. The molecule has 33 heavy (non-hydrogen) atoms. The summed E-state index contributed by atoms with van der Waals surface area (Å²) in [6.07, 6.45) is 2.14. The number of ether oxygens (including phenoxy) is 2. The van der Waals surface area contributed by atoms with Crippen LogP contribution in [-0.4, -0.2) is 11.3 Å². The predicted molar refractivity (Wildman–Crippen MR) is 129 cm³/mol. The summed E-state index contributed by atoms with van der Waals surface area (Å²) < 4.78 is 11.6. The van der Waals surface area contributed by atoms with Gasteiger partial charge in [-0.3, -0.25) is 0 Å². The molecule has 0 saturated heterocycles. The lowest BCUT2D eigenvalue weighted by Gasteiger charge is -2.23. The van der Waals surface area contributed by atoms with E-state index in [9.17, 15) is 9.90 Å². The highest BCUT2D eigenvalue weighted by atomic mass is 16.7. The maximum atomic E-state index is 13.0. The van der Waals surface area contributed by atoms with Gasteiger partial charge in [-0.25, -0.2) is 4.79 Å². The molecule has 0 amide bonds. The molecule has 0 radical (unpaired) electrons. The number of aromatic hydroxyl groups is 1. The first-order chi connectivity index (χ1) is 16.1. The number of aryl methyl sites for hydroxylation is 1. The zero-order chi connectivity index (χ0) is 22.7. The number of phenols is 1. The molecule has 2 aliphatic rings. The minimum absolute atomic E-state index is 0.286. The third kappa shape index (κ3) is 3.01. The lowest BCUT2D eigenvalue weighted by Crippen LogP contribution is -2.16. The first-order valence-electron chi connectivity index (χ1n) is 11.8. The molecule has 4 aromatic carbocycles. The Balaban J connectivity index is 1.45. The molecule has 0 aromatic heterocycles. The molecule has 1 fully saturated rings. The number of carbonyl (C=O) groups excluding carboxylic acids is 1. The van der Waals surface area contributed by atoms with E-state index in [1.165, 1.54) is 0 Å². The minimum Gasteiger partial charge on any atom is -0.507 e. The second-order valence-corrected chi connectivity index (χ2v) is 9.31. The van der Waals surface area contributed by atoms with Gasteiger partial charge < -0.3 is 14.6 Å². The van der Waals surface area contributed by atoms with Crippen molar-refractivity contribution in [1.29, 1.82) is 0 Å². The third-order valence-corrected chi connectivity index (χ3v) is 7.71. The van der Waals surface area contributed by atoms with E-state index in [0.29, 0.717) is 29.1 Å². The summed E-state index contributed by atoms with van der Waals surface area (Å²) in [5.74, 6) is 2.38. The highest BCUT2D eigenvalue weighted by molar-refractivity contribution is 6.00. The molecule has 166 valence electrons. The highest BCUT2D eigenvalue weighted by Gasteiger charge is 2.48. The Bertz CT molecular complexity index is 1420. The SMILES string of the molecule is CCc1cccc2c(O)c3c(c(OC(=O)Oc4ccc5ccccc5c4)c12)C1CCC3C1C. The average Bonchev–Trinajstić information content (AvgIpc) is 3.34. The topological polar surface area (TPSA) is 55.8 Å². The van der Waals surface area contributed by atoms with E-state index in [2.05, 4.69) is 13.8 Å². The van der Waals surface area contributed by atoms with Crippen LogP contribution in [0.1, 0.15) is 55.2 Å². The molecule has 4 nitrogen and oxygen atoms in total. The average molecular weight is 439 g/mol. The predicted octanol–water partition coefficient (Wildman–Crippen LogP) is 7.45. The smallest absolute Gasteiger partial charge is 0.507 e. The van der Waals surface area contributed by atoms with Gasteiger partial charge >= 0.3 is 6.16 Å². The Morgan fingerprint density at radius 1 is 0.939 bits per heavy atom. The first kappa shape index (κ1) is 20.1. The van der Waals surface area contributed by atoms with Crippen LogP contribution in [-0.2, 0) is 6.42 Å². The van der Waals surface area contributed by atoms with E-state index in [1.54, 1.807) is 6.07 Å². The molecule has 1 saturated carbocycles. The maximum Gasteiger partial charge on any atom is 0.519 e. The zero-order valence-electron chi connectivity index (χ0n) is 18.8. The van der Waals surface area contributed by atoms with Gasteiger partial charge in [-0.2, -0.15) is 0 Å². The van der Waals surface area contributed by atoms with E-state index in [1.807, 2.05) is 54.6 Å². The van der Waals surface area contributed by atoms with Crippen molar-refractivity contribution in [2.24, 2.45) is 5.92 Å². The Hall–Kier alpha value is -3.53. The normalized spacial score (nSPS) is 20.8. The fraction of sp³-hybridized carbons (Fsp3) is 0.276. The quantitative estimate of drug-likeness (QED) is 0.267. The van der Waals surface area contributed by atoms with Crippen LogP contribution in [0.3, 0.4) is 0 Å². The standard InChI is InChI=1S/C29H26O4/c1-3-17-9-6-10-23-24(17)28(26-22-14-13-21(16(22)2)25(26)27(23)30)33-29(31)32-20-12-11-18-7-4-5-8-19(18)15-20/h4-12,15-16,21-22,30H,3,13-14H2,1-2H3. The summed E-state index contributed by atoms with van der Waals surface area (Å²) in [4.78, 5) is 13.0. The molecule has 2 bridgehead atoms. The van der Waals surface area contributed by atoms with Gasteiger partial charge in [0.1, 0.15) is 17.2 Å². The van der Waals surface area contributed by atoms with Crippen LogP contribution in [0.2, 0.25) is 0 Å². The van der Waals surface area contributed by atoms with Gasteiger partial charge in [0.25, 0.3) is 0 Å². The molecule has 3 atom stereocenters. The molecule has 0 aliphatic heterocycles. The molecule has 6 rings (SSSR count). The Morgan fingerprint density at radius 3 is 2.48 bits per heavy atom. The van der Waals surface area contributed by atoms with E-state index in [0.717, 1.165) is 57.5 Å². The van der Waals surface area contributed by atoms with Crippen LogP contribution >= 0.6 is 0 Å². The van der Waals surface area contributed by atoms with Crippen LogP contribution in [0.25, 0.3) is 21.5 Å². The maximum absolute atomic E-state index is 13.0. The van der Waals surface area contributed by atoms with Crippen LogP contribution in [0.15, 0.2) is 60.7 Å². The molecule has 0 heterocycles. The Morgan fingerprint density at radius 2 is 1.70 bits per heavy atom. The van der Waals surface area contributed by atoms with Gasteiger partial charge in [-0.05, 0) is 65.5 Å². The highest BCUT2D eigenvalue weighted by Crippen LogP contribution is 2.63. The number of carbonyl (C=O) groups is 1. The van der Waals surface area contributed by atoms with E-state index < -0.39 is 6.16 Å². The summed E-state index contributed by atoms with van der Waals surface area (Å²) in [5, 5.41) is 14.9. The number of rotatable bonds is 3. The number of benzene rings is 4. The number of hydrogen-bond donors (Lipinski definition) is 1. The molecular formula is C29H26O4. The Labute approximate surface area is 192 Å². The van der Waals surface area contributed by atoms with E-state index in [4.69, 9.17) is 9.47 Å². The molecule has 4 heteroatoms. The number of phenolic OH excluding ortho intramolecular Hbond substituents is 1. The van der Waals surface area contributed by atoms with E-state index in [-0.39, 0.29) is 5.92 Å². The monoisotopic (exact) mass is 438 g/mol. The Kier molecular flexibility index (Phi) is 4.58. The van der Waals surface area contributed by atoms with Crippen LogP contribution in [0, 0.1) is 5.92 Å². The summed E-state index contributed by atoms with van der Waals surface area (Å²) in [5.41, 5.74) is 3.02. The van der Waals surface area contributed by atoms with Crippen molar-refractivity contribution < 1.29 is 19.4 Å². The summed E-state index contributed by atoms with van der Waals surface area (Å²) in [7, 11) is 0.